The van der Waals surface area contributed by atoms with Crippen LogP contribution in [0.1, 0.15) is 69.9 Å². The average Bonchev–Trinajstić information content (AvgIpc) is 2.91. The summed E-state index contributed by atoms with van der Waals surface area (Å²) in [6.45, 7) is 12.6. The van der Waals surface area contributed by atoms with E-state index in [0.717, 1.165) is 26.1 Å². The Balaban J connectivity index is 2.14. The van der Waals surface area contributed by atoms with E-state index >= 15 is 0 Å². The molecule has 0 bridgehead atoms. The molecule has 0 spiro atoms. The second kappa shape index (κ2) is 7.10. The molecule has 1 aliphatic rings. The van der Waals surface area contributed by atoms with Crippen LogP contribution in [-0.4, -0.2) is 25.1 Å². The van der Waals surface area contributed by atoms with Gasteiger partial charge in [0.1, 0.15) is 0 Å². The number of piperidine rings is 1. The Morgan fingerprint density at radius 1 is 1.33 bits per heavy atom. The summed E-state index contributed by atoms with van der Waals surface area (Å²) < 4.78 is 0. The summed E-state index contributed by atoms with van der Waals surface area (Å²) in [6.07, 6.45) is 5.04. The van der Waals surface area contributed by atoms with Crippen molar-refractivity contribution in [2.75, 3.05) is 25.0 Å². The Morgan fingerprint density at radius 2 is 2.00 bits per heavy atom. The molecule has 1 aliphatic heterocycles. The molecular formula is C17H31N3S. The van der Waals surface area contributed by atoms with Gasteiger partial charge in [0, 0.05) is 24.5 Å². The first-order chi connectivity index (χ1) is 10.0. The van der Waals surface area contributed by atoms with Crippen LogP contribution in [0.15, 0.2) is 0 Å². The van der Waals surface area contributed by atoms with Crippen LogP contribution in [0, 0.1) is 5.41 Å². The molecule has 3 nitrogen and oxygen atoms in total. The second-order valence-electron chi connectivity index (χ2n) is 6.80. The van der Waals surface area contributed by atoms with Crippen LogP contribution in [0.5, 0.6) is 0 Å². The summed E-state index contributed by atoms with van der Waals surface area (Å²) in [6, 6.07) is 0. The largest absolute Gasteiger partial charge is 0.348 e. The van der Waals surface area contributed by atoms with Crippen LogP contribution < -0.4 is 10.2 Å². The molecule has 1 aromatic heterocycles. The van der Waals surface area contributed by atoms with Gasteiger partial charge in [0.15, 0.2) is 5.13 Å². The zero-order valence-corrected chi connectivity index (χ0v) is 15.1. The van der Waals surface area contributed by atoms with Gasteiger partial charge in [0.2, 0.25) is 0 Å². The summed E-state index contributed by atoms with van der Waals surface area (Å²) in [5.74, 6) is 0.559. The van der Waals surface area contributed by atoms with Crippen molar-refractivity contribution in [3.63, 3.8) is 0 Å². The van der Waals surface area contributed by atoms with Crippen LogP contribution >= 0.6 is 11.3 Å². The smallest absolute Gasteiger partial charge is 0.185 e. The first-order valence-electron chi connectivity index (χ1n) is 8.42. The van der Waals surface area contributed by atoms with Gasteiger partial charge >= 0.3 is 0 Å². The minimum atomic E-state index is 0.543. The Morgan fingerprint density at radius 3 is 2.52 bits per heavy atom. The van der Waals surface area contributed by atoms with Crippen LogP contribution in [0.3, 0.4) is 0 Å². The van der Waals surface area contributed by atoms with Crippen molar-refractivity contribution in [3.8, 4) is 0 Å². The highest BCUT2D eigenvalue weighted by Gasteiger charge is 2.30. The molecule has 1 atom stereocenters. The van der Waals surface area contributed by atoms with Crippen LogP contribution in [0.25, 0.3) is 0 Å². The van der Waals surface area contributed by atoms with E-state index in [1.54, 1.807) is 0 Å². The Labute approximate surface area is 134 Å². The molecule has 1 saturated heterocycles. The van der Waals surface area contributed by atoms with Crippen molar-refractivity contribution < 1.29 is 0 Å². The third-order valence-electron chi connectivity index (χ3n) is 5.23. The maximum absolute atomic E-state index is 5.00. The average molecular weight is 310 g/mol. The lowest BCUT2D eigenvalue weighted by Crippen LogP contribution is -2.38. The van der Waals surface area contributed by atoms with E-state index in [-0.39, 0.29) is 0 Å². The van der Waals surface area contributed by atoms with Crippen molar-refractivity contribution in [2.24, 2.45) is 5.41 Å². The van der Waals surface area contributed by atoms with E-state index < -0.39 is 0 Å². The molecule has 0 aromatic carbocycles. The molecule has 1 aromatic rings. The molecular weight excluding hydrogens is 278 g/mol. The molecule has 2 rings (SSSR count). The molecule has 0 radical (unpaired) electrons. The number of hydrogen-bond donors (Lipinski definition) is 1. The van der Waals surface area contributed by atoms with E-state index in [1.807, 2.05) is 18.4 Å². The fraction of sp³-hybridized carbons (Fsp3) is 0.824. The predicted molar refractivity (Wildman–Crippen MR) is 93.4 cm³/mol. The van der Waals surface area contributed by atoms with E-state index in [9.17, 15) is 0 Å². The predicted octanol–water partition coefficient (Wildman–Crippen LogP) is 4.39. The number of aromatic nitrogens is 1. The summed E-state index contributed by atoms with van der Waals surface area (Å²) in [7, 11) is 2.02. The van der Waals surface area contributed by atoms with Crippen molar-refractivity contribution in [3.05, 3.63) is 10.6 Å². The molecule has 4 heteroatoms. The highest BCUT2D eigenvalue weighted by Crippen LogP contribution is 2.38. The van der Waals surface area contributed by atoms with Gasteiger partial charge in [-0.25, -0.2) is 4.98 Å². The molecule has 1 unspecified atom stereocenters. The normalized spacial score (nSPS) is 19.8. The van der Waals surface area contributed by atoms with Gasteiger partial charge in [-0.3, -0.25) is 0 Å². The number of nitrogens with zero attached hydrogens (tertiary/aromatic N) is 2. The third-order valence-corrected chi connectivity index (χ3v) is 6.36. The molecule has 0 amide bonds. The lowest BCUT2D eigenvalue weighted by atomic mass is 9.78. The summed E-state index contributed by atoms with van der Waals surface area (Å²) in [5, 5.41) is 4.54. The van der Waals surface area contributed by atoms with Gasteiger partial charge in [-0.15, -0.1) is 11.3 Å². The maximum Gasteiger partial charge on any atom is 0.185 e. The topological polar surface area (TPSA) is 28.2 Å². The number of rotatable bonds is 6. The third kappa shape index (κ3) is 3.78. The summed E-state index contributed by atoms with van der Waals surface area (Å²) in [4.78, 5) is 8.93. The molecule has 1 fully saturated rings. The number of nitrogens with one attached hydrogen (secondary N) is 1. The summed E-state index contributed by atoms with van der Waals surface area (Å²) in [5.41, 5.74) is 1.86. The molecule has 120 valence electrons. The molecule has 0 aliphatic carbocycles. The molecule has 21 heavy (non-hydrogen) atoms. The van der Waals surface area contributed by atoms with Crippen LogP contribution in [-0.2, 0) is 6.54 Å². The fourth-order valence-corrected chi connectivity index (χ4v) is 4.19. The minimum Gasteiger partial charge on any atom is -0.348 e. The molecule has 1 N–H and O–H groups in total. The van der Waals surface area contributed by atoms with Crippen molar-refractivity contribution >= 4 is 16.5 Å². The highest BCUT2D eigenvalue weighted by atomic mass is 32.1. The van der Waals surface area contributed by atoms with Crippen molar-refractivity contribution in [2.45, 2.75) is 65.8 Å². The van der Waals surface area contributed by atoms with Gasteiger partial charge in [0.25, 0.3) is 0 Å². The van der Waals surface area contributed by atoms with Gasteiger partial charge in [0.05, 0.1) is 5.69 Å². The van der Waals surface area contributed by atoms with Crippen LogP contribution in [0.2, 0.25) is 0 Å². The van der Waals surface area contributed by atoms with E-state index in [1.165, 1.54) is 35.0 Å². The zero-order chi connectivity index (χ0) is 15.5. The highest BCUT2D eigenvalue weighted by molar-refractivity contribution is 7.15. The van der Waals surface area contributed by atoms with E-state index in [0.29, 0.717) is 11.3 Å². The van der Waals surface area contributed by atoms with Gasteiger partial charge < -0.3 is 10.2 Å². The minimum absolute atomic E-state index is 0.543. The lowest BCUT2D eigenvalue weighted by molar-refractivity contribution is 0.238. The standard InChI is InChI=1S/C17H31N3S/c1-6-13(3)15-14(12-18-5)21-16(19-15)20-10-8-17(4,7-2)9-11-20/h13,18H,6-12H2,1-5H3. The first-order valence-corrected chi connectivity index (χ1v) is 9.23. The lowest BCUT2D eigenvalue weighted by Gasteiger charge is -2.38. The van der Waals surface area contributed by atoms with E-state index in [2.05, 4.69) is 37.9 Å². The Bertz CT molecular complexity index is 447. The second-order valence-corrected chi connectivity index (χ2v) is 7.86. The SMILES string of the molecule is CCC(C)c1nc(N2CCC(C)(CC)CC2)sc1CNC. The monoisotopic (exact) mass is 309 g/mol. The Kier molecular flexibility index (Phi) is 5.67. The first kappa shape index (κ1) is 16.8. The zero-order valence-electron chi connectivity index (χ0n) is 14.3. The number of anilines is 1. The number of hydrogen-bond acceptors (Lipinski definition) is 4. The molecule has 0 saturated carbocycles. The summed E-state index contributed by atoms with van der Waals surface area (Å²) >= 11 is 1.89. The van der Waals surface area contributed by atoms with Crippen LogP contribution in [0.4, 0.5) is 5.13 Å². The quantitative estimate of drug-likeness (QED) is 0.844. The van der Waals surface area contributed by atoms with Gasteiger partial charge in [-0.05, 0) is 37.6 Å². The van der Waals surface area contributed by atoms with Crippen molar-refractivity contribution in [1.82, 2.24) is 10.3 Å². The molecule has 2 heterocycles. The number of thiazole rings is 1. The van der Waals surface area contributed by atoms with Gasteiger partial charge in [-0.1, -0.05) is 34.1 Å². The maximum atomic E-state index is 5.00. The van der Waals surface area contributed by atoms with Gasteiger partial charge in [-0.2, -0.15) is 0 Å². The fourth-order valence-electron chi connectivity index (χ4n) is 2.94. The van der Waals surface area contributed by atoms with E-state index in [4.69, 9.17) is 4.98 Å². The van der Waals surface area contributed by atoms with Crippen molar-refractivity contribution in [1.29, 1.82) is 0 Å². The Hall–Kier alpha value is -0.610.